The van der Waals surface area contributed by atoms with E-state index in [0.717, 1.165) is 31.4 Å². The number of hydrogen-bond acceptors (Lipinski definition) is 3. The Hall–Kier alpha value is -1.09. The molecule has 2 rings (SSSR count). The van der Waals surface area contributed by atoms with E-state index in [4.69, 9.17) is 0 Å². The number of hydrogen-bond donors (Lipinski definition) is 1. The third-order valence-electron chi connectivity index (χ3n) is 3.25. The summed E-state index contributed by atoms with van der Waals surface area (Å²) < 4.78 is 0. The van der Waals surface area contributed by atoms with Crippen LogP contribution in [0.5, 0.6) is 0 Å². The van der Waals surface area contributed by atoms with E-state index in [-0.39, 0.29) is 0 Å². The largest absolute Gasteiger partial charge is 0.370 e. The van der Waals surface area contributed by atoms with Crippen LogP contribution in [0.3, 0.4) is 0 Å². The first-order valence-corrected chi connectivity index (χ1v) is 6.73. The summed E-state index contributed by atoms with van der Waals surface area (Å²) in [6.45, 7) is 8.71. The van der Waals surface area contributed by atoms with Crippen molar-refractivity contribution in [2.75, 3.05) is 25.0 Å². The van der Waals surface area contributed by atoms with Gasteiger partial charge in [-0.05, 0) is 49.9 Å². The molecule has 3 heteroatoms. The van der Waals surface area contributed by atoms with E-state index in [9.17, 15) is 0 Å². The lowest BCUT2D eigenvalue weighted by Crippen LogP contribution is -2.25. The second-order valence-electron chi connectivity index (χ2n) is 4.85. The molecule has 0 radical (unpaired) electrons. The predicted molar refractivity (Wildman–Crippen MR) is 72.1 cm³/mol. The van der Waals surface area contributed by atoms with Crippen molar-refractivity contribution in [1.29, 1.82) is 0 Å². The third kappa shape index (κ3) is 4.00. The lowest BCUT2D eigenvalue weighted by Gasteiger charge is -2.20. The molecule has 1 fully saturated rings. The van der Waals surface area contributed by atoms with Crippen molar-refractivity contribution < 1.29 is 0 Å². The van der Waals surface area contributed by atoms with E-state index < -0.39 is 0 Å². The maximum atomic E-state index is 4.31. The summed E-state index contributed by atoms with van der Waals surface area (Å²) in [6.07, 6.45) is 4.75. The van der Waals surface area contributed by atoms with Crippen LogP contribution in [0.1, 0.15) is 32.3 Å². The molecule has 1 aromatic heterocycles. The average Bonchev–Trinajstić information content (AvgIpc) is 3.13. The Balaban J connectivity index is 1.92. The highest BCUT2D eigenvalue weighted by Crippen LogP contribution is 2.30. The topological polar surface area (TPSA) is 28.2 Å². The Kier molecular flexibility index (Phi) is 4.37. The van der Waals surface area contributed by atoms with Crippen LogP contribution in [-0.2, 0) is 6.54 Å². The highest BCUT2D eigenvalue weighted by molar-refractivity contribution is 5.37. The molecule has 3 nitrogen and oxygen atoms in total. The summed E-state index contributed by atoms with van der Waals surface area (Å²) in [4.78, 5) is 6.84. The van der Waals surface area contributed by atoms with Crippen LogP contribution in [0.25, 0.3) is 0 Å². The van der Waals surface area contributed by atoms with Crippen molar-refractivity contribution in [3.63, 3.8) is 0 Å². The number of nitrogens with one attached hydrogen (secondary N) is 1. The first-order valence-electron chi connectivity index (χ1n) is 6.73. The Morgan fingerprint density at radius 3 is 2.88 bits per heavy atom. The van der Waals surface area contributed by atoms with E-state index in [0.29, 0.717) is 0 Å². The molecular formula is C14H23N3. The maximum Gasteiger partial charge on any atom is 0.126 e. The van der Waals surface area contributed by atoms with Crippen molar-refractivity contribution in [2.24, 2.45) is 5.92 Å². The summed E-state index contributed by atoms with van der Waals surface area (Å²) in [5.41, 5.74) is 1.36. The number of aromatic nitrogens is 1. The molecule has 1 aliphatic carbocycles. The molecule has 0 amide bonds. The van der Waals surface area contributed by atoms with Crippen LogP contribution >= 0.6 is 0 Å². The Bertz CT molecular complexity index is 347. The summed E-state index contributed by atoms with van der Waals surface area (Å²) in [5.74, 6) is 1.96. The molecule has 1 N–H and O–H groups in total. The second kappa shape index (κ2) is 6.01. The molecule has 0 saturated heterocycles. The quantitative estimate of drug-likeness (QED) is 0.785. The Labute approximate surface area is 104 Å². The maximum absolute atomic E-state index is 4.31. The SMILES string of the molecule is CCNc1cc(CN(CC)CC2CC2)ccn1. The summed E-state index contributed by atoms with van der Waals surface area (Å²) >= 11 is 0. The van der Waals surface area contributed by atoms with Crippen molar-refractivity contribution in [1.82, 2.24) is 9.88 Å². The van der Waals surface area contributed by atoms with E-state index >= 15 is 0 Å². The van der Waals surface area contributed by atoms with Crippen molar-refractivity contribution >= 4 is 5.82 Å². The van der Waals surface area contributed by atoms with E-state index in [1.807, 2.05) is 6.20 Å². The number of rotatable bonds is 7. The zero-order valence-electron chi connectivity index (χ0n) is 10.9. The number of pyridine rings is 1. The lowest BCUT2D eigenvalue weighted by molar-refractivity contribution is 0.268. The number of anilines is 1. The lowest BCUT2D eigenvalue weighted by atomic mass is 10.2. The standard InChI is InChI=1S/C14H23N3/c1-3-15-14-9-13(7-8-16-14)11-17(4-2)10-12-5-6-12/h7-9,12H,3-6,10-11H2,1-2H3,(H,15,16). The predicted octanol–water partition coefficient (Wildman–Crippen LogP) is 2.75. The van der Waals surface area contributed by atoms with E-state index in [1.165, 1.54) is 24.9 Å². The molecule has 0 unspecified atom stereocenters. The second-order valence-corrected chi connectivity index (χ2v) is 4.85. The minimum Gasteiger partial charge on any atom is -0.370 e. The van der Waals surface area contributed by atoms with Gasteiger partial charge in [-0.1, -0.05) is 6.92 Å². The van der Waals surface area contributed by atoms with Gasteiger partial charge in [0, 0.05) is 25.8 Å². The molecule has 94 valence electrons. The fraction of sp³-hybridized carbons (Fsp3) is 0.643. The van der Waals surface area contributed by atoms with E-state index in [2.05, 4.69) is 41.2 Å². The highest BCUT2D eigenvalue weighted by Gasteiger charge is 2.23. The van der Waals surface area contributed by atoms with Gasteiger partial charge in [0.15, 0.2) is 0 Å². The monoisotopic (exact) mass is 233 g/mol. The molecule has 0 aliphatic heterocycles. The first-order chi connectivity index (χ1) is 8.31. The Morgan fingerprint density at radius 1 is 1.41 bits per heavy atom. The van der Waals surface area contributed by atoms with Crippen LogP contribution in [0.15, 0.2) is 18.3 Å². The molecular weight excluding hydrogens is 210 g/mol. The van der Waals surface area contributed by atoms with Gasteiger partial charge in [0.25, 0.3) is 0 Å². The van der Waals surface area contributed by atoms with Gasteiger partial charge in [0.1, 0.15) is 5.82 Å². The molecule has 0 bridgehead atoms. The van der Waals surface area contributed by atoms with Crippen molar-refractivity contribution in [2.45, 2.75) is 33.2 Å². The number of nitrogens with zero attached hydrogens (tertiary/aromatic N) is 2. The summed E-state index contributed by atoms with van der Waals surface area (Å²) in [5, 5.41) is 3.26. The van der Waals surface area contributed by atoms with Crippen molar-refractivity contribution in [3.8, 4) is 0 Å². The van der Waals surface area contributed by atoms with Gasteiger partial charge in [-0.3, -0.25) is 4.90 Å². The highest BCUT2D eigenvalue weighted by atomic mass is 15.1. The van der Waals surface area contributed by atoms with Crippen LogP contribution in [0, 0.1) is 5.92 Å². The molecule has 1 saturated carbocycles. The third-order valence-corrected chi connectivity index (χ3v) is 3.25. The zero-order chi connectivity index (χ0) is 12.1. The van der Waals surface area contributed by atoms with Gasteiger partial charge in [0.05, 0.1) is 0 Å². The molecule has 1 aromatic rings. The van der Waals surface area contributed by atoms with Gasteiger partial charge in [-0.25, -0.2) is 4.98 Å². The fourth-order valence-corrected chi connectivity index (χ4v) is 2.08. The van der Waals surface area contributed by atoms with Gasteiger partial charge in [-0.15, -0.1) is 0 Å². The van der Waals surface area contributed by atoms with Gasteiger partial charge < -0.3 is 5.32 Å². The zero-order valence-corrected chi connectivity index (χ0v) is 10.9. The normalized spacial score (nSPS) is 15.2. The van der Waals surface area contributed by atoms with Crippen LogP contribution in [0.4, 0.5) is 5.82 Å². The molecule has 0 spiro atoms. The summed E-state index contributed by atoms with van der Waals surface area (Å²) in [6, 6.07) is 4.29. The van der Waals surface area contributed by atoms with E-state index in [1.54, 1.807) is 0 Å². The Morgan fingerprint density at radius 2 is 2.24 bits per heavy atom. The molecule has 17 heavy (non-hydrogen) atoms. The molecule has 0 atom stereocenters. The van der Waals surface area contributed by atoms with Crippen LogP contribution in [0.2, 0.25) is 0 Å². The molecule has 0 aromatic carbocycles. The average molecular weight is 233 g/mol. The minimum atomic E-state index is 0.927. The van der Waals surface area contributed by atoms with Crippen LogP contribution < -0.4 is 5.32 Å². The molecule has 1 heterocycles. The minimum absolute atomic E-state index is 0.927. The van der Waals surface area contributed by atoms with Crippen molar-refractivity contribution in [3.05, 3.63) is 23.9 Å². The van der Waals surface area contributed by atoms with Gasteiger partial charge >= 0.3 is 0 Å². The smallest absolute Gasteiger partial charge is 0.126 e. The first kappa shape index (κ1) is 12.4. The molecule has 1 aliphatic rings. The summed E-state index contributed by atoms with van der Waals surface area (Å²) in [7, 11) is 0. The van der Waals surface area contributed by atoms with Gasteiger partial charge in [-0.2, -0.15) is 0 Å². The fourth-order valence-electron chi connectivity index (χ4n) is 2.08. The van der Waals surface area contributed by atoms with Gasteiger partial charge in [0.2, 0.25) is 0 Å². The van der Waals surface area contributed by atoms with Crippen LogP contribution in [-0.4, -0.2) is 29.5 Å².